The fraction of sp³-hybridized carbons (Fsp3) is 0.857. The van der Waals surface area contributed by atoms with Crippen molar-refractivity contribution in [1.29, 1.82) is 0 Å². The Morgan fingerprint density at radius 1 is 1.26 bits per heavy atom. The monoisotopic (exact) mass is 288 g/mol. The molecule has 0 rings (SSSR count). The Bertz CT molecular complexity index is 300. The number of amides is 1. The second-order valence-corrected chi connectivity index (χ2v) is 5.29. The number of carbonyl (C=O) groups is 1. The van der Waals surface area contributed by atoms with Crippen molar-refractivity contribution < 1.29 is 9.90 Å². The molecule has 0 aromatic rings. The predicted molar refractivity (Wildman–Crippen MR) is 83.0 cm³/mol. The van der Waals surface area contributed by atoms with Crippen LogP contribution in [-0.4, -0.2) is 40.1 Å². The number of aliphatic hydroxyl groups is 1. The molecular weight excluding hydrogens is 260 g/mol. The smallest absolute Gasteiger partial charge is 0.235 e. The first-order chi connectivity index (χ1) is 8.94. The molecule has 0 spiro atoms. The molecule has 0 aromatic heterocycles. The van der Waals surface area contributed by atoms with Gasteiger partial charge >= 0.3 is 0 Å². The molecule has 19 heavy (non-hydrogen) atoms. The lowest BCUT2D eigenvalue weighted by molar-refractivity contribution is -0.142. The Hall–Kier alpha value is -0.680. The van der Waals surface area contributed by atoms with Crippen LogP contribution >= 0.6 is 12.2 Å². The SMILES string of the molecule is CCC(CC)N(CCO)C(=O)C(CC)(CC)C(N)=S. The molecule has 0 aliphatic carbocycles. The number of carbonyl (C=O) groups excluding carboxylic acids is 1. The highest BCUT2D eigenvalue weighted by molar-refractivity contribution is 7.80. The summed E-state index contributed by atoms with van der Waals surface area (Å²) in [4.78, 5) is 14.9. The van der Waals surface area contributed by atoms with E-state index in [4.69, 9.17) is 18.0 Å². The third kappa shape index (κ3) is 3.89. The lowest BCUT2D eigenvalue weighted by Crippen LogP contribution is -2.53. The summed E-state index contributed by atoms with van der Waals surface area (Å²) in [7, 11) is 0. The van der Waals surface area contributed by atoms with Crippen LogP contribution in [0.15, 0.2) is 0 Å². The van der Waals surface area contributed by atoms with Gasteiger partial charge in [0, 0.05) is 12.6 Å². The molecule has 0 radical (unpaired) electrons. The minimum Gasteiger partial charge on any atom is -0.395 e. The Labute approximate surface area is 122 Å². The highest BCUT2D eigenvalue weighted by Gasteiger charge is 2.42. The van der Waals surface area contributed by atoms with E-state index in [0.29, 0.717) is 19.4 Å². The molecule has 4 nitrogen and oxygen atoms in total. The van der Waals surface area contributed by atoms with Gasteiger partial charge in [-0.2, -0.15) is 0 Å². The van der Waals surface area contributed by atoms with Crippen molar-refractivity contribution in [3.8, 4) is 0 Å². The normalized spacial score (nSPS) is 11.7. The van der Waals surface area contributed by atoms with Crippen molar-refractivity contribution in [3.63, 3.8) is 0 Å². The molecule has 0 fully saturated rings. The molecule has 0 saturated heterocycles. The second-order valence-electron chi connectivity index (χ2n) is 4.85. The average molecular weight is 288 g/mol. The number of nitrogens with zero attached hydrogens (tertiary/aromatic N) is 1. The van der Waals surface area contributed by atoms with Gasteiger partial charge in [-0.25, -0.2) is 0 Å². The zero-order valence-corrected chi connectivity index (χ0v) is 13.4. The van der Waals surface area contributed by atoms with E-state index in [2.05, 4.69) is 0 Å². The lowest BCUT2D eigenvalue weighted by atomic mass is 9.80. The zero-order valence-electron chi connectivity index (χ0n) is 12.6. The number of thiocarbonyl (C=S) groups is 1. The summed E-state index contributed by atoms with van der Waals surface area (Å²) in [6, 6.07) is 0.131. The van der Waals surface area contributed by atoms with E-state index in [-0.39, 0.29) is 23.5 Å². The summed E-state index contributed by atoms with van der Waals surface area (Å²) in [5.74, 6) is -0.0345. The van der Waals surface area contributed by atoms with E-state index >= 15 is 0 Å². The van der Waals surface area contributed by atoms with Crippen LogP contribution in [0.4, 0.5) is 0 Å². The van der Waals surface area contributed by atoms with Crippen molar-refractivity contribution >= 4 is 23.1 Å². The van der Waals surface area contributed by atoms with E-state index in [1.807, 2.05) is 27.7 Å². The topological polar surface area (TPSA) is 66.6 Å². The molecule has 112 valence electrons. The predicted octanol–water partition coefficient (Wildman–Crippen LogP) is 2.09. The Balaban J connectivity index is 5.42. The summed E-state index contributed by atoms with van der Waals surface area (Å²) in [6.07, 6.45) is 2.92. The van der Waals surface area contributed by atoms with E-state index < -0.39 is 5.41 Å². The number of nitrogens with two attached hydrogens (primary N) is 1. The van der Waals surface area contributed by atoms with E-state index in [1.165, 1.54) is 0 Å². The fourth-order valence-corrected chi connectivity index (χ4v) is 2.94. The van der Waals surface area contributed by atoms with Gasteiger partial charge in [-0.3, -0.25) is 4.79 Å². The summed E-state index contributed by atoms with van der Waals surface area (Å²) < 4.78 is 0. The van der Waals surface area contributed by atoms with E-state index in [0.717, 1.165) is 12.8 Å². The number of hydrogen-bond donors (Lipinski definition) is 2. The van der Waals surface area contributed by atoms with Crippen molar-refractivity contribution in [2.24, 2.45) is 11.1 Å². The van der Waals surface area contributed by atoms with E-state index in [1.54, 1.807) is 4.90 Å². The summed E-state index contributed by atoms with van der Waals surface area (Å²) in [6.45, 7) is 8.27. The second kappa shape index (κ2) is 8.48. The molecule has 0 heterocycles. The summed E-state index contributed by atoms with van der Waals surface area (Å²) in [5.41, 5.74) is 5.06. The maximum Gasteiger partial charge on any atom is 0.235 e. The number of hydrogen-bond acceptors (Lipinski definition) is 3. The quantitative estimate of drug-likeness (QED) is 0.638. The molecule has 0 saturated carbocycles. The summed E-state index contributed by atoms with van der Waals surface area (Å²) >= 11 is 5.13. The van der Waals surface area contributed by atoms with Crippen LogP contribution < -0.4 is 5.73 Å². The first-order valence-corrected chi connectivity index (χ1v) is 7.57. The van der Waals surface area contributed by atoms with E-state index in [9.17, 15) is 9.90 Å². The molecule has 0 aromatic carbocycles. The molecule has 0 aliphatic rings. The van der Waals surface area contributed by atoms with Crippen LogP contribution in [0.5, 0.6) is 0 Å². The van der Waals surface area contributed by atoms with Crippen LogP contribution in [-0.2, 0) is 4.79 Å². The highest BCUT2D eigenvalue weighted by Crippen LogP contribution is 2.31. The zero-order chi connectivity index (χ0) is 15.1. The van der Waals surface area contributed by atoms with Gasteiger partial charge in [-0.1, -0.05) is 39.9 Å². The van der Waals surface area contributed by atoms with Gasteiger partial charge in [0.1, 0.15) is 0 Å². The van der Waals surface area contributed by atoms with Crippen LogP contribution in [0.3, 0.4) is 0 Å². The van der Waals surface area contributed by atoms with Crippen LogP contribution in [0, 0.1) is 5.41 Å². The number of rotatable bonds is 9. The molecule has 0 bridgehead atoms. The van der Waals surface area contributed by atoms with Gasteiger partial charge in [0.05, 0.1) is 17.0 Å². The van der Waals surface area contributed by atoms with Crippen molar-refractivity contribution in [2.75, 3.05) is 13.2 Å². The Morgan fingerprint density at radius 3 is 2.00 bits per heavy atom. The molecular formula is C14H28N2O2S. The molecule has 0 unspecified atom stereocenters. The minimum absolute atomic E-state index is 0.0345. The van der Waals surface area contributed by atoms with Gasteiger partial charge in [0.2, 0.25) is 5.91 Å². The third-order valence-electron chi connectivity index (χ3n) is 4.07. The molecule has 0 aliphatic heterocycles. The molecule has 0 atom stereocenters. The lowest BCUT2D eigenvalue weighted by Gasteiger charge is -2.39. The maximum atomic E-state index is 12.9. The largest absolute Gasteiger partial charge is 0.395 e. The van der Waals surface area contributed by atoms with Gasteiger partial charge in [0.15, 0.2) is 0 Å². The third-order valence-corrected chi connectivity index (χ3v) is 4.46. The average Bonchev–Trinajstić information content (AvgIpc) is 2.40. The van der Waals surface area contributed by atoms with Gasteiger partial charge in [-0.15, -0.1) is 0 Å². The fourth-order valence-electron chi connectivity index (χ4n) is 2.57. The van der Waals surface area contributed by atoms with Crippen molar-refractivity contribution in [1.82, 2.24) is 4.90 Å². The van der Waals surface area contributed by atoms with Crippen molar-refractivity contribution in [3.05, 3.63) is 0 Å². The number of aliphatic hydroxyl groups excluding tert-OH is 1. The summed E-state index contributed by atoms with van der Waals surface area (Å²) in [5, 5.41) is 9.22. The van der Waals surface area contributed by atoms with Crippen LogP contribution in [0.2, 0.25) is 0 Å². The molecule has 5 heteroatoms. The van der Waals surface area contributed by atoms with Crippen LogP contribution in [0.1, 0.15) is 53.4 Å². The first kappa shape index (κ1) is 18.3. The standard InChI is InChI=1S/C14H28N2O2S/c1-5-11(6-2)16(9-10-17)13(18)14(7-3,8-4)12(15)19/h11,17H,5-10H2,1-4H3,(H2,15,19). The Kier molecular flexibility index (Phi) is 8.18. The first-order valence-electron chi connectivity index (χ1n) is 7.16. The maximum absolute atomic E-state index is 12.9. The highest BCUT2D eigenvalue weighted by atomic mass is 32.1. The molecule has 1 amide bonds. The van der Waals surface area contributed by atoms with Crippen molar-refractivity contribution in [2.45, 2.75) is 59.4 Å². The van der Waals surface area contributed by atoms with Gasteiger partial charge < -0.3 is 15.7 Å². The van der Waals surface area contributed by atoms with Crippen LogP contribution in [0.25, 0.3) is 0 Å². The molecule has 3 N–H and O–H groups in total. The van der Waals surface area contributed by atoms with Gasteiger partial charge in [-0.05, 0) is 25.7 Å². The van der Waals surface area contributed by atoms with Gasteiger partial charge in [0.25, 0.3) is 0 Å². The Morgan fingerprint density at radius 2 is 1.74 bits per heavy atom. The minimum atomic E-state index is -0.771.